The van der Waals surface area contributed by atoms with E-state index in [0.717, 1.165) is 0 Å². The number of rotatable bonds is 5. The van der Waals surface area contributed by atoms with Crippen LogP contribution in [0.25, 0.3) is 0 Å². The minimum Gasteiger partial charge on any atom is -0.339 e. The van der Waals surface area contributed by atoms with Gasteiger partial charge < -0.3 is 10.6 Å². The van der Waals surface area contributed by atoms with Crippen molar-refractivity contribution < 1.29 is 35.9 Å². The first-order valence-corrected chi connectivity index (χ1v) is 7.85. The summed E-state index contributed by atoms with van der Waals surface area (Å²) >= 11 is 0. The molecule has 150 valence electrons. The molecule has 0 spiro atoms. The van der Waals surface area contributed by atoms with Crippen LogP contribution in [0.15, 0.2) is 60.7 Å². The largest absolute Gasteiger partial charge is 0.471 e. The van der Waals surface area contributed by atoms with Gasteiger partial charge in [0, 0.05) is 0 Å². The van der Waals surface area contributed by atoms with Crippen LogP contribution in [-0.4, -0.2) is 24.2 Å². The summed E-state index contributed by atoms with van der Waals surface area (Å²) in [5, 5.41) is 3.37. The summed E-state index contributed by atoms with van der Waals surface area (Å²) < 4.78 is 76.6. The molecule has 0 saturated heterocycles. The van der Waals surface area contributed by atoms with Gasteiger partial charge in [0.15, 0.2) is 0 Å². The Morgan fingerprint density at radius 1 is 0.607 bits per heavy atom. The molecule has 0 aliphatic carbocycles. The van der Waals surface area contributed by atoms with E-state index in [1.807, 2.05) is 0 Å². The van der Waals surface area contributed by atoms with Crippen LogP contribution in [0.2, 0.25) is 0 Å². The van der Waals surface area contributed by atoms with E-state index >= 15 is 0 Å². The first kappa shape index (κ1) is 21.3. The lowest BCUT2D eigenvalue weighted by Crippen LogP contribution is -2.47. The van der Waals surface area contributed by atoms with Crippen molar-refractivity contribution in [2.45, 2.75) is 24.4 Å². The molecule has 2 amide bonds. The fourth-order valence-electron chi connectivity index (χ4n) is 2.49. The molecule has 0 aliphatic heterocycles. The van der Waals surface area contributed by atoms with Gasteiger partial charge in [0.05, 0.1) is 12.1 Å². The zero-order valence-electron chi connectivity index (χ0n) is 14.0. The van der Waals surface area contributed by atoms with Gasteiger partial charge in [0.1, 0.15) is 0 Å². The highest BCUT2D eigenvalue weighted by Gasteiger charge is 2.44. The molecular formula is C18H14F6N2O2. The highest BCUT2D eigenvalue weighted by Crippen LogP contribution is 2.31. The maximum Gasteiger partial charge on any atom is 0.471 e. The fraction of sp³-hybridized carbons (Fsp3) is 0.222. The summed E-state index contributed by atoms with van der Waals surface area (Å²) in [5.41, 5.74) is 0.160. The van der Waals surface area contributed by atoms with Crippen molar-refractivity contribution in [1.29, 1.82) is 0 Å². The Hall–Kier alpha value is -3.04. The summed E-state index contributed by atoms with van der Waals surface area (Å²) in [7, 11) is 0. The Kier molecular flexibility index (Phi) is 6.32. The first-order valence-electron chi connectivity index (χ1n) is 7.85. The second kappa shape index (κ2) is 8.32. The van der Waals surface area contributed by atoms with Crippen LogP contribution in [-0.2, 0) is 9.59 Å². The van der Waals surface area contributed by atoms with Gasteiger partial charge in [-0.2, -0.15) is 26.3 Å². The minimum atomic E-state index is -5.26. The molecule has 0 radical (unpaired) electrons. The summed E-state index contributed by atoms with van der Waals surface area (Å²) in [6, 6.07) is 10.9. The van der Waals surface area contributed by atoms with Crippen LogP contribution in [0, 0.1) is 0 Å². The molecule has 2 N–H and O–H groups in total. The molecule has 0 fully saturated rings. The van der Waals surface area contributed by atoms with Gasteiger partial charge in [0.25, 0.3) is 0 Å². The van der Waals surface area contributed by atoms with Crippen molar-refractivity contribution in [3.8, 4) is 0 Å². The zero-order valence-corrected chi connectivity index (χ0v) is 14.0. The number of carbonyl (C=O) groups is 2. The molecular weight excluding hydrogens is 390 g/mol. The molecule has 0 aromatic heterocycles. The van der Waals surface area contributed by atoms with Crippen molar-refractivity contribution in [2.75, 3.05) is 0 Å². The number of alkyl halides is 6. The Balaban J connectivity index is 2.51. The molecule has 4 nitrogen and oxygen atoms in total. The van der Waals surface area contributed by atoms with Crippen LogP contribution in [0.5, 0.6) is 0 Å². The predicted octanol–water partition coefficient (Wildman–Crippen LogP) is 3.83. The Morgan fingerprint density at radius 3 is 1.14 bits per heavy atom. The lowest BCUT2D eigenvalue weighted by Gasteiger charge is -2.30. The lowest BCUT2D eigenvalue weighted by atomic mass is 9.93. The number of carbonyl (C=O) groups excluding carboxylic acids is 2. The Bertz CT molecular complexity index is 737. The van der Waals surface area contributed by atoms with Crippen LogP contribution >= 0.6 is 0 Å². The number of amides is 2. The van der Waals surface area contributed by atoms with Gasteiger partial charge in [-0.3, -0.25) is 9.59 Å². The first-order chi connectivity index (χ1) is 13.0. The van der Waals surface area contributed by atoms with E-state index in [4.69, 9.17) is 0 Å². The number of nitrogens with one attached hydrogen (secondary N) is 2. The van der Waals surface area contributed by atoms with E-state index in [9.17, 15) is 35.9 Å². The Labute approximate surface area is 155 Å². The molecule has 2 rings (SSSR count). The van der Waals surface area contributed by atoms with Gasteiger partial charge in [-0.15, -0.1) is 0 Å². The number of benzene rings is 2. The molecule has 0 bridgehead atoms. The topological polar surface area (TPSA) is 58.2 Å². The quantitative estimate of drug-likeness (QED) is 0.745. The molecule has 28 heavy (non-hydrogen) atoms. The van der Waals surface area contributed by atoms with E-state index in [1.165, 1.54) is 60.7 Å². The molecule has 0 unspecified atom stereocenters. The minimum absolute atomic E-state index is 0.0800. The number of halogens is 6. The van der Waals surface area contributed by atoms with E-state index in [2.05, 4.69) is 0 Å². The standard InChI is InChI=1S/C18H14F6N2O2/c19-17(20,21)15(27)25-13(11-7-3-1-4-8-11)14(12-9-5-2-6-10-12)26-16(28)18(22,23)24/h1-10,13-14H,(H,25,27)(H,26,28)/t13-,14-/m0/s1. The second-order valence-electron chi connectivity index (χ2n) is 5.72. The SMILES string of the molecule is O=C(N[C@@H](c1ccccc1)[C@@H](NC(=O)C(F)(F)F)c1ccccc1)C(F)(F)F. The van der Waals surface area contributed by atoms with Crippen molar-refractivity contribution in [2.24, 2.45) is 0 Å². The summed E-state index contributed by atoms with van der Waals surface area (Å²) in [5.74, 6) is -4.69. The predicted molar refractivity (Wildman–Crippen MR) is 86.8 cm³/mol. The van der Waals surface area contributed by atoms with Crippen molar-refractivity contribution >= 4 is 11.8 Å². The molecule has 0 heterocycles. The summed E-state index contributed by atoms with van der Waals surface area (Å²) in [4.78, 5) is 23.0. The van der Waals surface area contributed by atoms with Gasteiger partial charge in [-0.05, 0) is 11.1 Å². The third-order valence-electron chi connectivity index (χ3n) is 3.74. The van der Waals surface area contributed by atoms with Crippen molar-refractivity contribution in [3.63, 3.8) is 0 Å². The summed E-state index contributed by atoms with van der Waals surface area (Å²) in [6.45, 7) is 0. The van der Waals surface area contributed by atoms with Crippen molar-refractivity contribution in [3.05, 3.63) is 71.8 Å². The van der Waals surface area contributed by atoms with Gasteiger partial charge >= 0.3 is 24.2 Å². The lowest BCUT2D eigenvalue weighted by molar-refractivity contribution is -0.176. The monoisotopic (exact) mass is 404 g/mol. The maximum atomic E-state index is 12.8. The number of hydrogen-bond acceptors (Lipinski definition) is 2. The smallest absolute Gasteiger partial charge is 0.339 e. The fourth-order valence-corrected chi connectivity index (χ4v) is 2.49. The van der Waals surface area contributed by atoms with Crippen LogP contribution in [0.3, 0.4) is 0 Å². The van der Waals surface area contributed by atoms with E-state index < -0.39 is 36.3 Å². The van der Waals surface area contributed by atoms with E-state index in [0.29, 0.717) is 0 Å². The molecule has 2 aromatic carbocycles. The van der Waals surface area contributed by atoms with Gasteiger partial charge in [0.2, 0.25) is 0 Å². The molecule has 0 saturated carbocycles. The van der Waals surface area contributed by atoms with Gasteiger partial charge in [-0.25, -0.2) is 0 Å². The average Bonchev–Trinajstić information content (AvgIpc) is 2.64. The molecule has 0 aliphatic rings. The average molecular weight is 404 g/mol. The maximum absolute atomic E-state index is 12.8. The van der Waals surface area contributed by atoms with E-state index in [1.54, 1.807) is 10.6 Å². The summed E-state index contributed by atoms with van der Waals surface area (Å²) in [6.07, 6.45) is -10.5. The van der Waals surface area contributed by atoms with Crippen molar-refractivity contribution in [1.82, 2.24) is 10.6 Å². The number of hydrogen-bond donors (Lipinski definition) is 2. The highest BCUT2D eigenvalue weighted by atomic mass is 19.4. The van der Waals surface area contributed by atoms with Gasteiger partial charge in [-0.1, -0.05) is 60.7 Å². The van der Waals surface area contributed by atoms with Crippen LogP contribution in [0.4, 0.5) is 26.3 Å². The highest BCUT2D eigenvalue weighted by molar-refractivity contribution is 5.83. The van der Waals surface area contributed by atoms with Crippen LogP contribution in [0.1, 0.15) is 23.2 Å². The third kappa shape index (κ3) is 5.48. The molecule has 2 aromatic rings. The zero-order chi connectivity index (χ0) is 20.9. The Morgan fingerprint density at radius 2 is 0.893 bits per heavy atom. The normalized spacial score (nSPS) is 14.1. The van der Waals surface area contributed by atoms with E-state index in [-0.39, 0.29) is 11.1 Å². The molecule has 10 heteroatoms. The van der Waals surface area contributed by atoms with Crippen LogP contribution < -0.4 is 10.6 Å². The molecule has 2 atom stereocenters. The second-order valence-corrected chi connectivity index (χ2v) is 5.72. The third-order valence-corrected chi connectivity index (χ3v) is 3.74.